The third-order valence-corrected chi connectivity index (χ3v) is 5.83. The van der Waals surface area contributed by atoms with E-state index in [1.807, 2.05) is 34.6 Å². The van der Waals surface area contributed by atoms with Crippen molar-refractivity contribution in [2.45, 2.75) is 91.1 Å². The van der Waals surface area contributed by atoms with E-state index in [1.54, 1.807) is 6.92 Å². The Hall–Kier alpha value is -1.80. The van der Waals surface area contributed by atoms with E-state index in [0.717, 1.165) is 38.6 Å². The molecule has 0 radical (unpaired) electrons. The van der Waals surface area contributed by atoms with Gasteiger partial charge in [0.2, 0.25) is 5.91 Å². The molecule has 0 aliphatic rings. The number of nitrogens with one attached hydrogen (secondary N) is 4. The van der Waals surface area contributed by atoms with Crippen LogP contribution in [0.4, 0.5) is 0 Å². The molecule has 1 atom stereocenters. The first kappa shape index (κ1) is 28.2. The quantitative estimate of drug-likeness (QED) is 0.0805. The van der Waals surface area contributed by atoms with Gasteiger partial charge in [-0.1, -0.05) is 5.16 Å². The van der Waals surface area contributed by atoms with Crippen molar-refractivity contribution in [3.63, 3.8) is 0 Å². The molecular formula is C22H43N5O3. The van der Waals surface area contributed by atoms with Gasteiger partial charge in [-0.3, -0.25) is 4.79 Å². The van der Waals surface area contributed by atoms with Crippen LogP contribution in [0.1, 0.15) is 80.1 Å². The van der Waals surface area contributed by atoms with Gasteiger partial charge in [0.1, 0.15) is 6.29 Å². The van der Waals surface area contributed by atoms with Crippen LogP contribution in [0.15, 0.2) is 5.16 Å². The van der Waals surface area contributed by atoms with Gasteiger partial charge in [0.25, 0.3) is 0 Å². The molecule has 0 aromatic carbocycles. The second kappa shape index (κ2) is 14.2. The summed E-state index contributed by atoms with van der Waals surface area (Å²) < 4.78 is 0. The Morgan fingerprint density at radius 2 is 1.57 bits per heavy atom. The van der Waals surface area contributed by atoms with E-state index in [4.69, 9.17) is 10.6 Å². The maximum absolute atomic E-state index is 11.9. The van der Waals surface area contributed by atoms with E-state index in [1.165, 1.54) is 0 Å². The number of aldehydes is 1. The van der Waals surface area contributed by atoms with Crippen molar-refractivity contribution in [3.05, 3.63) is 0 Å². The molecule has 0 saturated carbocycles. The summed E-state index contributed by atoms with van der Waals surface area (Å²) in [6.45, 7) is 13.7. The zero-order chi connectivity index (χ0) is 23.2. The van der Waals surface area contributed by atoms with Gasteiger partial charge < -0.3 is 31.4 Å². The molecule has 0 saturated heterocycles. The Balaban J connectivity index is 4.62. The zero-order valence-corrected chi connectivity index (χ0v) is 19.7. The largest absolute Gasteiger partial charge is 0.411 e. The summed E-state index contributed by atoms with van der Waals surface area (Å²) >= 11 is 0. The van der Waals surface area contributed by atoms with Crippen LogP contribution in [0.5, 0.6) is 0 Å². The predicted molar refractivity (Wildman–Crippen MR) is 123 cm³/mol. The number of hydrogen-bond acceptors (Lipinski definition) is 7. The molecule has 0 aliphatic carbocycles. The highest BCUT2D eigenvalue weighted by Crippen LogP contribution is 2.15. The zero-order valence-electron chi connectivity index (χ0n) is 19.7. The van der Waals surface area contributed by atoms with Crippen molar-refractivity contribution in [1.82, 2.24) is 16.0 Å². The van der Waals surface area contributed by atoms with Gasteiger partial charge >= 0.3 is 0 Å². The van der Waals surface area contributed by atoms with Gasteiger partial charge in [0, 0.05) is 25.1 Å². The smallest absolute Gasteiger partial charge is 0.220 e. The Morgan fingerprint density at radius 3 is 2.07 bits per heavy atom. The maximum Gasteiger partial charge on any atom is 0.220 e. The molecule has 1 amide bonds. The molecule has 8 heteroatoms. The van der Waals surface area contributed by atoms with Crippen LogP contribution in [-0.4, -0.2) is 59.5 Å². The van der Waals surface area contributed by atoms with Gasteiger partial charge in [-0.15, -0.1) is 0 Å². The van der Waals surface area contributed by atoms with Crippen LogP contribution in [0.2, 0.25) is 0 Å². The number of hydrogen-bond donors (Lipinski definition) is 5. The number of carbonyl (C=O) groups excluding carboxylic acids is 2. The van der Waals surface area contributed by atoms with Crippen molar-refractivity contribution < 1.29 is 14.8 Å². The highest BCUT2D eigenvalue weighted by atomic mass is 16.4. The van der Waals surface area contributed by atoms with Crippen LogP contribution in [0, 0.1) is 11.3 Å². The Kier molecular flexibility index (Phi) is 13.4. The van der Waals surface area contributed by atoms with E-state index >= 15 is 0 Å². The topological polar surface area (TPSA) is 127 Å². The summed E-state index contributed by atoms with van der Waals surface area (Å²) in [5.41, 5.74) is 0.519. The molecule has 5 N–H and O–H groups in total. The average Bonchev–Trinajstić information content (AvgIpc) is 2.66. The molecule has 0 aliphatic heterocycles. The summed E-state index contributed by atoms with van der Waals surface area (Å²) in [4.78, 5) is 22.2. The molecule has 0 heterocycles. The third-order valence-electron chi connectivity index (χ3n) is 5.83. The highest BCUT2D eigenvalue weighted by Gasteiger charge is 2.23. The number of rotatable bonds is 17. The first-order chi connectivity index (χ1) is 14.0. The summed E-state index contributed by atoms with van der Waals surface area (Å²) in [6.07, 6.45) is 4.95. The van der Waals surface area contributed by atoms with Gasteiger partial charge in [-0.05, 0) is 86.2 Å². The molecule has 0 aromatic heterocycles. The van der Waals surface area contributed by atoms with E-state index in [2.05, 4.69) is 21.1 Å². The molecule has 0 fully saturated rings. The maximum atomic E-state index is 11.9. The standard InChI is InChI=1S/C22H43N5O3/c1-17(23)21(3,4)25-14-11-19(10-13-24-20(29)9-7-8-16-28)12-15-26-22(5,6)18(2)27-30/h16,19,23,25-26,30H,7-15H2,1-6H3,(H,24,29)/b23-17?,27-18-. The normalized spacial score (nSPS) is 13.7. The molecule has 0 aromatic rings. The molecule has 174 valence electrons. The third kappa shape index (κ3) is 12.0. The lowest BCUT2D eigenvalue weighted by Gasteiger charge is -2.28. The molecule has 0 bridgehead atoms. The van der Waals surface area contributed by atoms with Gasteiger partial charge in [0.05, 0.1) is 16.8 Å². The Labute approximate surface area is 182 Å². The van der Waals surface area contributed by atoms with E-state index in [-0.39, 0.29) is 17.0 Å². The summed E-state index contributed by atoms with van der Waals surface area (Å²) in [6, 6.07) is 0. The Morgan fingerprint density at radius 1 is 1.03 bits per heavy atom. The molecule has 30 heavy (non-hydrogen) atoms. The van der Waals surface area contributed by atoms with Gasteiger partial charge in [-0.25, -0.2) is 0 Å². The van der Waals surface area contributed by atoms with E-state index < -0.39 is 0 Å². The van der Waals surface area contributed by atoms with Crippen molar-refractivity contribution in [3.8, 4) is 0 Å². The number of nitrogens with zero attached hydrogens (tertiary/aromatic N) is 1. The lowest BCUT2D eigenvalue weighted by Crippen LogP contribution is -2.47. The second-order valence-corrected chi connectivity index (χ2v) is 9.05. The van der Waals surface area contributed by atoms with E-state index in [0.29, 0.717) is 43.1 Å². The van der Waals surface area contributed by atoms with E-state index in [9.17, 15) is 9.59 Å². The van der Waals surface area contributed by atoms with Gasteiger partial charge in [-0.2, -0.15) is 0 Å². The number of amides is 1. The number of carbonyl (C=O) groups is 2. The minimum Gasteiger partial charge on any atom is -0.411 e. The first-order valence-corrected chi connectivity index (χ1v) is 10.9. The van der Waals surface area contributed by atoms with Crippen molar-refractivity contribution in [2.24, 2.45) is 11.1 Å². The summed E-state index contributed by atoms with van der Waals surface area (Å²) in [7, 11) is 0. The van der Waals surface area contributed by atoms with Crippen LogP contribution in [-0.2, 0) is 9.59 Å². The minimum atomic E-state index is -0.385. The van der Waals surface area contributed by atoms with Crippen LogP contribution >= 0.6 is 0 Å². The Bertz CT molecular complexity index is 573. The predicted octanol–water partition coefficient (Wildman–Crippen LogP) is 2.88. The van der Waals surface area contributed by atoms with Crippen LogP contribution in [0.3, 0.4) is 0 Å². The summed E-state index contributed by atoms with van der Waals surface area (Å²) in [5.74, 6) is 0.382. The fourth-order valence-electron chi connectivity index (χ4n) is 2.85. The summed E-state index contributed by atoms with van der Waals surface area (Å²) in [5, 5.41) is 30.0. The number of unbranched alkanes of at least 4 members (excludes halogenated alkanes) is 1. The second-order valence-electron chi connectivity index (χ2n) is 9.05. The highest BCUT2D eigenvalue weighted by molar-refractivity contribution is 5.90. The molecular weight excluding hydrogens is 382 g/mol. The van der Waals surface area contributed by atoms with Crippen molar-refractivity contribution in [2.75, 3.05) is 19.6 Å². The number of oxime groups is 1. The van der Waals surface area contributed by atoms with Gasteiger partial charge in [0.15, 0.2) is 0 Å². The van der Waals surface area contributed by atoms with Crippen molar-refractivity contribution in [1.29, 1.82) is 5.41 Å². The lowest BCUT2D eigenvalue weighted by molar-refractivity contribution is -0.121. The SMILES string of the molecule is CC(=N)C(C)(C)NCCC(CCNC(=O)CCCC=O)CCNC(C)(C)/C(C)=N\O. The van der Waals surface area contributed by atoms with Crippen molar-refractivity contribution >= 4 is 23.6 Å². The monoisotopic (exact) mass is 425 g/mol. The average molecular weight is 426 g/mol. The van der Waals surface area contributed by atoms with Crippen LogP contribution in [0.25, 0.3) is 0 Å². The first-order valence-electron chi connectivity index (χ1n) is 10.9. The fraction of sp³-hybridized carbons (Fsp3) is 0.818. The molecule has 0 spiro atoms. The lowest BCUT2D eigenvalue weighted by atomic mass is 9.94. The van der Waals surface area contributed by atoms with Crippen LogP contribution < -0.4 is 16.0 Å². The molecule has 0 rings (SSSR count). The minimum absolute atomic E-state index is 0.0108. The fourth-order valence-corrected chi connectivity index (χ4v) is 2.85. The molecule has 8 nitrogen and oxygen atoms in total. The molecule has 1 unspecified atom stereocenters.